The summed E-state index contributed by atoms with van der Waals surface area (Å²) >= 11 is 0. The van der Waals surface area contributed by atoms with Crippen molar-refractivity contribution in [1.29, 1.82) is 0 Å². The van der Waals surface area contributed by atoms with E-state index in [-0.39, 0.29) is 5.91 Å². The van der Waals surface area contributed by atoms with Gasteiger partial charge in [0, 0.05) is 31.9 Å². The molecule has 1 aliphatic carbocycles. The van der Waals surface area contributed by atoms with Crippen molar-refractivity contribution >= 4 is 11.6 Å². The minimum Gasteiger partial charge on any atom is -0.383 e. The molecule has 5 heteroatoms. The zero-order chi connectivity index (χ0) is 17.2. The second kappa shape index (κ2) is 10.4. The lowest BCUT2D eigenvalue weighted by atomic mass is 9.94. The van der Waals surface area contributed by atoms with Gasteiger partial charge in [-0.3, -0.25) is 9.69 Å². The van der Waals surface area contributed by atoms with Crippen LogP contribution < -0.4 is 10.6 Å². The molecule has 0 aromatic heterocycles. The Morgan fingerprint density at radius 1 is 1.25 bits per heavy atom. The van der Waals surface area contributed by atoms with Crippen molar-refractivity contribution < 1.29 is 9.53 Å². The van der Waals surface area contributed by atoms with Gasteiger partial charge in [-0.1, -0.05) is 37.5 Å². The van der Waals surface area contributed by atoms with Crippen LogP contribution in [0.25, 0.3) is 0 Å². The number of carbonyl (C=O) groups excluding carboxylic acids is 1. The molecule has 1 saturated carbocycles. The largest absolute Gasteiger partial charge is 0.383 e. The van der Waals surface area contributed by atoms with Crippen molar-refractivity contribution in [2.75, 3.05) is 39.2 Å². The summed E-state index contributed by atoms with van der Waals surface area (Å²) in [5, 5.41) is 6.10. The minimum absolute atomic E-state index is 0.0149. The van der Waals surface area contributed by atoms with Crippen LogP contribution in [0.1, 0.15) is 37.7 Å². The molecule has 5 nitrogen and oxygen atoms in total. The molecule has 0 heterocycles. The highest BCUT2D eigenvalue weighted by molar-refractivity contribution is 5.92. The summed E-state index contributed by atoms with van der Waals surface area (Å²) < 4.78 is 4.96. The molecule has 0 atom stereocenters. The topological polar surface area (TPSA) is 53.6 Å². The van der Waals surface area contributed by atoms with Gasteiger partial charge in [-0.25, -0.2) is 0 Å². The molecule has 0 spiro atoms. The number of rotatable bonds is 9. The average molecular weight is 333 g/mol. The SMILES string of the molecule is COCCNCC(=O)Nc1ccccc1CN(C)C1CCCCC1. The fourth-order valence-corrected chi connectivity index (χ4v) is 3.27. The minimum atomic E-state index is -0.0149. The summed E-state index contributed by atoms with van der Waals surface area (Å²) in [6.45, 7) is 2.46. The van der Waals surface area contributed by atoms with Gasteiger partial charge in [0.1, 0.15) is 0 Å². The molecular formula is C19H31N3O2. The van der Waals surface area contributed by atoms with Gasteiger partial charge in [0.2, 0.25) is 5.91 Å². The number of hydrogen-bond acceptors (Lipinski definition) is 4. The number of carbonyl (C=O) groups is 1. The van der Waals surface area contributed by atoms with Gasteiger partial charge in [-0.15, -0.1) is 0 Å². The molecule has 1 fully saturated rings. The number of para-hydroxylation sites is 1. The van der Waals surface area contributed by atoms with Gasteiger partial charge in [-0.05, 0) is 31.5 Å². The van der Waals surface area contributed by atoms with E-state index in [1.807, 2.05) is 18.2 Å². The number of hydrogen-bond donors (Lipinski definition) is 2. The van der Waals surface area contributed by atoms with E-state index in [1.165, 1.54) is 37.7 Å². The van der Waals surface area contributed by atoms with Crippen LogP contribution in [0.3, 0.4) is 0 Å². The van der Waals surface area contributed by atoms with E-state index in [0.717, 1.165) is 12.2 Å². The van der Waals surface area contributed by atoms with Crippen LogP contribution >= 0.6 is 0 Å². The fraction of sp³-hybridized carbons (Fsp3) is 0.632. The van der Waals surface area contributed by atoms with Gasteiger partial charge < -0.3 is 15.4 Å². The van der Waals surface area contributed by atoms with Crippen LogP contribution in [0.5, 0.6) is 0 Å². The third-order valence-electron chi connectivity index (χ3n) is 4.68. The summed E-state index contributed by atoms with van der Waals surface area (Å²) in [6.07, 6.45) is 6.61. The maximum absolute atomic E-state index is 12.1. The molecule has 0 unspecified atom stereocenters. The zero-order valence-electron chi connectivity index (χ0n) is 15.0. The smallest absolute Gasteiger partial charge is 0.238 e. The number of methoxy groups -OCH3 is 1. The molecular weight excluding hydrogens is 302 g/mol. The maximum Gasteiger partial charge on any atom is 0.238 e. The molecule has 134 valence electrons. The molecule has 2 N–H and O–H groups in total. The van der Waals surface area contributed by atoms with Crippen LogP contribution in [0, 0.1) is 0 Å². The molecule has 0 bridgehead atoms. The van der Waals surface area contributed by atoms with Gasteiger partial charge in [-0.2, -0.15) is 0 Å². The fourth-order valence-electron chi connectivity index (χ4n) is 3.27. The molecule has 2 rings (SSSR count). The van der Waals surface area contributed by atoms with Gasteiger partial charge >= 0.3 is 0 Å². The lowest BCUT2D eigenvalue weighted by molar-refractivity contribution is -0.115. The van der Waals surface area contributed by atoms with Crippen molar-refractivity contribution in [3.05, 3.63) is 29.8 Å². The summed E-state index contributed by atoms with van der Waals surface area (Å²) in [6, 6.07) is 8.76. The number of amides is 1. The third kappa shape index (κ3) is 6.23. The van der Waals surface area contributed by atoms with Crippen molar-refractivity contribution in [2.45, 2.75) is 44.7 Å². The predicted octanol–water partition coefficient (Wildman–Crippen LogP) is 2.63. The van der Waals surface area contributed by atoms with E-state index in [2.05, 4.69) is 28.6 Å². The Morgan fingerprint density at radius 2 is 2.00 bits per heavy atom. The van der Waals surface area contributed by atoms with Crippen LogP contribution in [0.4, 0.5) is 5.69 Å². The Bertz CT molecular complexity index is 501. The highest BCUT2D eigenvalue weighted by Gasteiger charge is 2.19. The highest BCUT2D eigenvalue weighted by atomic mass is 16.5. The quantitative estimate of drug-likeness (QED) is 0.682. The Balaban J connectivity index is 1.88. The monoisotopic (exact) mass is 333 g/mol. The lowest BCUT2D eigenvalue weighted by Crippen LogP contribution is -2.33. The average Bonchev–Trinajstić information content (AvgIpc) is 2.61. The van der Waals surface area contributed by atoms with Crippen LogP contribution in [-0.4, -0.2) is 50.7 Å². The zero-order valence-corrected chi connectivity index (χ0v) is 15.0. The summed E-state index contributed by atoms with van der Waals surface area (Å²) in [5.74, 6) is -0.0149. The lowest BCUT2D eigenvalue weighted by Gasteiger charge is -2.31. The van der Waals surface area contributed by atoms with Crippen LogP contribution in [-0.2, 0) is 16.1 Å². The highest BCUT2D eigenvalue weighted by Crippen LogP contribution is 2.24. The number of ether oxygens (including phenoxy) is 1. The Morgan fingerprint density at radius 3 is 2.75 bits per heavy atom. The Hall–Kier alpha value is -1.43. The van der Waals surface area contributed by atoms with Crippen LogP contribution in [0.15, 0.2) is 24.3 Å². The van der Waals surface area contributed by atoms with Crippen molar-refractivity contribution in [1.82, 2.24) is 10.2 Å². The number of nitrogens with zero attached hydrogens (tertiary/aromatic N) is 1. The van der Waals surface area contributed by atoms with Gasteiger partial charge in [0.15, 0.2) is 0 Å². The molecule has 0 radical (unpaired) electrons. The standard InChI is InChI=1S/C19H31N3O2/c1-22(17-9-4-3-5-10-17)15-16-8-6-7-11-18(16)21-19(23)14-20-12-13-24-2/h6-8,11,17,20H,3-5,9-10,12-15H2,1-2H3,(H,21,23). The Kier molecular flexibility index (Phi) is 8.22. The maximum atomic E-state index is 12.1. The summed E-state index contributed by atoms with van der Waals surface area (Å²) in [5.41, 5.74) is 2.09. The van der Waals surface area contributed by atoms with E-state index in [1.54, 1.807) is 7.11 Å². The predicted molar refractivity (Wildman–Crippen MR) is 98.2 cm³/mol. The molecule has 1 aromatic carbocycles. The molecule has 1 amide bonds. The first-order chi connectivity index (χ1) is 11.7. The molecule has 0 aliphatic heterocycles. The number of benzene rings is 1. The van der Waals surface area contributed by atoms with E-state index >= 15 is 0 Å². The summed E-state index contributed by atoms with van der Waals surface area (Å²) in [7, 11) is 3.85. The number of anilines is 1. The molecule has 24 heavy (non-hydrogen) atoms. The van der Waals surface area contributed by atoms with Gasteiger partial charge in [0.25, 0.3) is 0 Å². The Labute approximate surface area is 145 Å². The van der Waals surface area contributed by atoms with Crippen LogP contribution in [0.2, 0.25) is 0 Å². The molecule has 1 aliphatic rings. The van der Waals surface area contributed by atoms with Crippen molar-refractivity contribution in [2.24, 2.45) is 0 Å². The van der Waals surface area contributed by atoms with Crippen molar-refractivity contribution in [3.8, 4) is 0 Å². The normalized spacial score (nSPS) is 15.6. The first kappa shape index (κ1) is 18.9. The first-order valence-corrected chi connectivity index (χ1v) is 8.98. The van der Waals surface area contributed by atoms with E-state index in [0.29, 0.717) is 25.7 Å². The van der Waals surface area contributed by atoms with E-state index < -0.39 is 0 Å². The van der Waals surface area contributed by atoms with Crippen molar-refractivity contribution in [3.63, 3.8) is 0 Å². The number of nitrogens with one attached hydrogen (secondary N) is 2. The second-order valence-corrected chi connectivity index (χ2v) is 6.58. The second-order valence-electron chi connectivity index (χ2n) is 6.58. The first-order valence-electron chi connectivity index (χ1n) is 8.98. The van der Waals surface area contributed by atoms with E-state index in [4.69, 9.17) is 4.74 Å². The summed E-state index contributed by atoms with van der Waals surface area (Å²) in [4.78, 5) is 14.5. The molecule has 1 aromatic rings. The molecule has 0 saturated heterocycles. The van der Waals surface area contributed by atoms with E-state index in [9.17, 15) is 4.79 Å². The van der Waals surface area contributed by atoms with Gasteiger partial charge in [0.05, 0.1) is 13.2 Å². The third-order valence-corrected chi connectivity index (χ3v) is 4.68.